The van der Waals surface area contributed by atoms with Gasteiger partial charge in [-0.05, 0) is 81.0 Å². The number of H-pyrrole nitrogens is 1. The molecule has 1 aliphatic rings. The van der Waals surface area contributed by atoms with Gasteiger partial charge in [0.15, 0.2) is 0 Å². The molecule has 2 heterocycles. The molecule has 0 bridgehead atoms. The third-order valence-electron chi connectivity index (χ3n) is 6.14. The number of aromatic nitrogens is 2. The molecule has 174 valence electrons. The van der Waals surface area contributed by atoms with Gasteiger partial charge in [-0.25, -0.2) is 4.79 Å². The van der Waals surface area contributed by atoms with E-state index in [2.05, 4.69) is 36.8 Å². The summed E-state index contributed by atoms with van der Waals surface area (Å²) in [7, 11) is 0. The number of rotatable bonds is 6. The second-order valence-electron chi connectivity index (χ2n) is 8.28. The normalized spacial score (nSPS) is 15.6. The number of likely N-dealkylation sites (tertiary alicyclic amines) is 1. The molecule has 8 nitrogen and oxygen atoms in total. The van der Waals surface area contributed by atoms with E-state index in [-0.39, 0.29) is 36.2 Å². The molecule has 1 aromatic heterocycles. The molecule has 1 atom stereocenters. The van der Waals surface area contributed by atoms with Crippen LogP contribution in [0.5, 0.6) is 5.75 Å². The number of amides is 1. The Hall–Kier alpha value is -2.59. The average molecular weight is 581 g/mol. The number of para-hydroxylation sites is 2. The van der Waals surface area contributed by atoms with Crippen molar-refractivity contribution in [2.75, 3.05) is 13.1 Å². The molecule has 4 rings (SSSR count). The molecular formula is C23H23Br2N3O5. The van der Waals surface area contributed by atoms with Crippen LogP contribution in [0.4, 0.5) is 0 Å². The molecule has 1 fully saturated rings. The quantitative estimate of drug-likeness (QED) is 0.407. The van der Waals surface area contributed by atoms with Gasteiger partial charge < -0.3 is 20.1 Å². The molecule has 0 radical (unpaired) electrons. The van der Waals surface area contributed by atoms with Crippen molar-refractivity contribution in [3.05, 3.63) is 61.4 Å². The number of phenols is 1. The number of nitrogens with zero attached hydrogens (tertiary/aromatic N) is 2. The minimum absolute atomic E-state index is 0.0142. The highest BCUT2D eigenvalue weighted by molar-refractivity contribution is 9.11. The van der Waals surface area contributed by atoms with Gasteiger partial charge in [0, 0.05) is 25.6 Å². The number of piperidine rings is 1. The Morgan fingerprint density at radius 1 is 1.12 bits per heavy atom. The van der Waals surface area contributed by atoms with Gasteiger partial charge in [0.1, 0.15) is 5.75 Å². The molecule has 1 amide bonds. The molecule has 1 saturated heterocycles. The fraction of sp³-hybridized carbons (Fsp3) is 0.348. The molecule has 3 aromatic rings. The second kappa shape index (κ2) is 9.72. The summed E-state index contributed by atoms with van der Waals surface area (Å²) in [5.74, 6) is -2.08. The Bertz CT molecular complexity index is 1240. The maximum absolute atomic E-state index is 12.9. The van der Waals surface area contributed by atoms with Crippen molar-refractivity contribution in [2.24, 2.45) is 5.92 Å². The second-order valence-corrected chi connectivity index (χ2v) is 9.99. The molecule has 1 aliphatic heterocycles. The number of hydrogen-bond acceptors (Lipinski definition) is 4. The van der Waals surface area contributed by atoms with Crippen LogP contribution in [0, 0.1) is 5.92 Å². The zero-order chi connectivity index (χ0) is 23.7. The molecule has 10 heteroatoms. The number of hydrogen-bond donors (Lipinski definition) is 3. The smallest absolute Gasteiger partial charge is 0.326 e. The van der Waals surface area contributed by atoms with E-state index in [0.29, 0.717) is 40.4 Å². The van der Waals surface area contributed by atoms with Crippen LogP contribution in [0.15, 0.2) is 50.1 Å². The fourth-order valence-corrected chi connectivity index (χ4v) is 5.70. The summed E-state index contributed by atoms with van der Waals surface area (Å²) in [6.45, 7) is 0.941. The summed E-state index contributed by atoms with van der Waals surface area (Å²) in [4.78, 5) is 41.8. The first-order valence-electron chi connectivity index (χ1n) is 10.6. The average Bonchev–Trinajstić information content (AvgIpc) is 3.12. The molecular weight excluding hydrogens is 558 g/mol. The Labute approximate surface area is 206 Å². The maximum Gasteiger partial charge on any atom is 0.326 e. The summed E-state index contributed by atoms with van der Waals surface area (Å²) in [6.07, 6.45) is 1.31. The van der Waals surface area contributed by atoms with E-state index in [1.54, 1.807) is 21.6 Å². The van der Waals surface area contributed by atoms with Crippen LogP contribution in [0.25, 0.3) is 11.0 Å². The van der Waals surface area contributed by atoms with Gasteiger partial charge >= 0.3 is 11.7 Å². The van der Waals surface area contributed by atoms with Crippen LogP contribution in [0.2, 0.25) is 0 Å². The van der Waals surface area contributed by atoms with E-state index in [1.807, 2.05) is 24.3 Å². The number of benzene rings is 2. The highest BCUT2D eigenvalue weighted by atomic mass is 79.9. The number of carbonyl (C=O) groups excluding carboxylic acids is 1. The predicted octanol–water partition coefficient (Wildman–Crippen LogP) is 4.06. The van der Waals surface area contributed by atoms with E-state index in [9.17, 15) is 24.6 Å². The first-order valence-corrected chi connectivity index (χ1v) is 12.2. The van der Waals surface area contributed by atoms with Crippen LogP contribution in [0.1, 0.15) is 30.9 Å². The SMILES string of the molecule is O=C(O)[C@@H](CC(=O)N1CCC(n2c(=O)[nH]c3ccccc32)CC1)Cc1cc(Br)c(O)c(Br)c1. The molecule has 0 aliphatic carbocycles. The van der Waals surface area contributed by atoms with Crippen LogP contribution in [-0.4, -0.2) is 49.6 Å². The van der Waals surface area contributed by atoms with Gasteiger partial charge in [0.25, 0.3) is 0 Å². The molecule has 0 unspecified atom stereocenters. The summed E-state index contributed by atoms with van der Waals surface area (Å²) in [5.41, 5.74) is 2.18. The monoisotopic (exact) mass is 579 g/mol. The van der Waals surface area contributed by atoms with Crippen LogP contribution in [0.3, 0.4) is 0 Å². The topological polar surface area (TPSA) is 116 Å². The van der Waals surface area contributed by atoms with Crippen LogP contribution >= 0.6 is 31.9 Å². The van der Waals surface area contributed by atoms with Crippen molar-refractivity contribution in [3.63, 3.8) is 0 Å². The number of fused-ring (bicyclic) bond motifs is 1. The first kappa shape index (κ1) is 23.6. The fourth-order valence-electron chi connectivity index (χ4n) is 4.42. The van der Waals surface area contributed by atoms with Gasteiger partial charge in [0.05, 0.1) is 25.9 Å². The third-order valence-corrected chi connectivity index (χ3v) is 7.34. The number of phenolic OH excluding ortho intramolecular Hbond substituents is 1. The Balaban J connectivity index is 1.41. The Morgan fingerprint density at radius 3 is 2.39 bits per heavy atom. The van der Waals surface area contributed by atoms with Crippen molar-refractivity contribution < 1.29 is 19.8 Å². The lowest BCUT2D eigenvalue weighted by Crippen LogP contribution is -2.41. The summed E-state index contributed by atoms with van der Waals surface area (Å²) < 4.78 is 2.67. The van der Waals surface area contributed by atoms with E-state index < -0.39 is 11.9 Å². The van der Waals surface area contributed by atoms with E-state index in [0.717, 1.165) is 11.0 Å². The van der Waals surface area contributed by atoms with Crippen molar-refractivity contribution in [1.29, 1.82) is 0 Å². The number of carboxylic acids is 1. The summed E-state index contributed by atoms with van der Waals surface area (Å²) in [5, 5.41) is 19.5. The number of nitrogens with one attached hydrogen (secondary N) is 1. The van der Waals surface area contributed by atoms with Crippen molar-refractivity contribution in [1.82, 2.24) is 14.5 Å². The molecule has 33 heavy (non-hydrogen) atoms. The Kier molecular flexibility index (Phi) is 6.94. The number of imidazole rings is 1. The van der Waals surface area contributed by atoms with E-state index in [1.165, 1.54) is 0 Å². The number of aliphatic carboxylic acids is 1. The van der Waals surface area contributed by atoms with Crippen molar-refractivity contribution >= 4 is 54.8 Å². The third kappa shape index (κ3) is 5.01. The molecule has 2 aromatic carbocycles. The highest BCUT2D eigenvalue weighted by Crippen LogP contribution is 2.34. The minimum Gasteiger partial charge on any atom is -0.506 e. The standard InChI is InChI=1S/C23H23Br2N3O5/c24-16-10-13(11-17(25)21(16)30)9-14(22(31)32)12-20(29)27-7-5-15(6-8-27)28-19-4-2-1-3-18(19)26-23(28)33/h1-4,10-11,14-15,30H,5-9,12H2,(H,26,33)(H,31,32)/t14-/m1/s1. The van der Waals surface area contributed by atoms with E-state index >= 15 is 0 Å². The van der Waals surface area contributed by atoms with Gasteiger partial charge in [-0.3, -0.25) is 14.2 Å². The van der Waals surface area contributed by atoms with Crippen LogP contribution < -0.4 is 5.69 Å². The van der Waals surface area contributed by atoms with Gasteiger partial charge in [-0.15, -0.1) is 0 Å². The molecule has 0 saturated carbocycles. The van der Waals surface area contributed by atoms with Gasteiger partial charge in [-0.1, -0.05) is 12.1 Å². The Morgan fingerprint density at radius 2 is 1.76 bits per heavy atom. The number of carbonyl (C=O) groups is 2. The largest absolute Gasteiger partial charge is 0.506 e. The maximum atomic E-state index is 12.9. The zero-order valence-corrected chi connectivity index (χ0v) is 20.8. The van der Waals surface area contributed by atoms with Gasteiger partial charge in [-0.2, -0.15) is 0 Å². The van der Waals surface area contributed by atoms with Crippen LogP contribution in [-0.2, 0) is 16.0 Å². The zero-order valence-electron chi connectivity index (χ0n) is 17.6. The summed E-state index contributed by atoms with van der Waals surface area (Å²) >= 11 is 6.50. The molecule has 0 spiro atoms. The molecule has 3 N–H and O–H groups in total. The lowest BCUT2D eigenvalue weighted by Gasteiger charge is -2.33. The first-order chi connectivity index (χ1) is 15.7. The van der Waals surface area contributed by atoms with Crippen molar-refractivity contribution in [3.8, 4) is 5.75 Å². The highest BCUT2D eigenvalue weighted by Gasteiger charge is 2.29. The number of aromatic hydroxyl groups is 1. The predicted molar refractivity (Wildman–Crippen MR) is 130 cm³/mol. The lowest BCUT2D eigenvalue weighted by molar-refractivity contribution is -0.146. The van der Waals surface area contributed by atoms with Gasteiger partial charge in [0.2, 0.25) is 5.91 Å². The van der Waals surface area contributed by atoms with Crippen molar-refractivity contribution in [2.45, 2.75) is 31.7 Å². The minimum atomic E-state index is -1.04. The summed E-state index contributed by atoms with van der Waals surface area (Å²) in [6, 6.07) is 10.8. The number of aromatic amines is 1. The number of carboxylic acid groups (broad SMARTS) is 1. The lowest BCUT2D eigenvalue weighted by atomic mass is 9.95. The van der Waals surface area contributed by atoms with E-state index in [4.69, 9.17) is 0 Å². The number of halogens is 2.